The molecular weight excluding hydrogens is 446 g/mol. The van der Waals surface area contributed by atoms with E-state index < -0.39 is 16.2 Å². The van der Waals surface area contributed by atoms with Gasteiger partial charge in [0.1, 0.15) is 0 Å². The molecule has 1 aromatic rings. The monoisotopic (exact) mass is 485 g/mol. The predicted molar refractivity (Wildman–Crippen MR) is 136 cm³/mol. The quantitative estimate of drug-likeness (QED) is 0.667. The summed E-state index contributed by atoms with van der Waals surface area (Å²) in [5.41, 5.74) is 1.37. The number of sulfone groups is 1. The van der Waals surface area contributed by atoms with Crippen LogP contribution in [0, 0.1) is 5.92 Å². The highest BCUT2D eigenvalue weighted by Gasteiger charge is 2.56. The molecule has 5 rings (SSSR count). The van der Waals surface area contributed by atoms with Crippen LogP contribution >= 0.6 is 0 Å². The maximum atomic E-state index is 11.9. The summed E-state index contributed by atoms with van der Waals surface area (Å²) in [5, 5.41) is 11.5. The van der Waals surface area contributed by atoms with Gasteiger partial charge in [0.2, 0.25) is 0 Å². The van der Waals surface area contributed by atoms with Crippen LogP contribution in [0.25, 0.3) is 0 Å². The summed E-state index contributed by atoms with van der Waals surface area (Å²) in [6, 6.07) is 10.9. The Balaban J connectivity index is 1.39. The highest BCUT2D eigenvalue weighted by molar-refractivity contribution is 7.94. The van der Waals surface area contributed by atoms with Gasteiger partial charge in [-0.3, -0.25) is 14.7 Å². The lowest BCUT2D eigenvalue weighted by Gasteiger charge is -2.51. The summed E-state index contributed by atoms with van der Waals surface area (Å²) in [5.74, 6) is 0.694. The molecule has 7 heteroatoms. The molecule has 0 radical (unpaired) electrons. The SMILES string of the molecule is CN(C)C1(c2ccccc2)CCC2(CC1)CN(C1C=CC(S(C)(=O)=O)=CC1)C(O)N2CC1CC1. The maximum Gasteiger partial charge on any atom is 0.175 e. The van der Waals surface area contributed by atoms with E-state index in [0.717, 1.165) is 38.8 Å². The summed E-state index contributed by atoms with van der Waals surface area (Å²) in [4.78, 5) is 7.39. The van der Waals surface area contributed by atoms with Crippen molar-refractivity contribution in [3.05, 3.63) is 59.0 Å². The van der Waals surface area contributed by atoms with Crippen LogP contribution in [0.4, 0.5) is 0 Å². The molecule has 1 spiro atoms. The Bertz CT molecular complexity index is 1050. The van der Waals surface area contributed by atoms with Crippen LogP contribution in [0.3, 0.4) is 0 Å². The molecule has 2 unspecified atom stereocenters. The standard InChI is InChI=1S/C27H39N3O3S/c1-28(2)27(22-7-5-4-6-8-22)17-15-26(16-18-27)20-29(25(31)30(26)19-21-9-10-21)23-11-13-24(14-12-23)34(3,32)33/h4-8,11,13-14,21,23,25,31H,9-10,12,15-20H2,1-3H3. The number of aliphatic hydroxyl groups excluding tert-OH is 1. The third-order valence-corrected chi connectivity index (χ3v) is 10.0. The van der Waals surface area contributed by atoms with Crippen LogP contribution in [0.2, 0.25) is 0 Å². The van der Waals surface area contributed by atoms with Crippen molar-refractivity contribution in [2.24, 2.45) is 5.92 Å². The number of rotatable bonds is 6. The summed E-state index contributed by atoms with van der Waals surface area (Å²) >= 11 is 0. The van der Waals surface area contributed by atoms with Gasteiger partial charge in [-0.25, -0.2) is 8.42 Å². The molecule has 1 N–H and O–H groups in total. The molecule has 4 aliphatic rings. The molecule has 1 saturated heterocycles. The van der Waals surface area contributed by atoms with Gasteiger partial charge in [-0.05, 0) is 76.6 Å². The van der Waals surface area contributed by atoms with E-state index in [-0.39, 0.29) is 17.1 Å². The third-order valence-electron chi connectivity index (χ3n) is 8.89. The zero-order chi connectivity index (χ0) is 24.1. The molecule has 2 saturated carbocycles. The van der Waals surface area contributed by atoms with Crippen molar-refractivity contribution in [2.75, 3.05) is 33.4 Å². The molecular formula is C27H39N3O3S. The molecule has 3 fully saturated rings. The number of hydrogen-bond acceptors (Lipinski definition) is 6. The molecule has 2 atom stereocenters. The molecule has 0 aromatic heterocycles. The first-order chi connectivity index (χ1) is 16.1. The van der Waals surface area contributed by atoms with E-state index in [1.807, 2.05) is 12.2 Å². The van der Waals surface area contributed by atoms with Crippen LogP contribution in [-0.4, -0.2) is 79.6 Å². The van der Waals surface area contributed by atoms with Crippen LogP contribution in [0.5, 0.6) is 0 Å². The van der Waals surface area contributed by atoms with Crippen LogP contribution in [0.15, 0.2) is 53.5 Å². The second-order valence-corrected chi connectivity index (χ2v) is 13.2. The zero-order valence-corrected chi connectivity index (χ0v) is 21.5. The zero-order valence-electron chi connectivity index (χ0n) is 20.7. The Hall–Kier alpha value is -1.51. The maximum absolute atomic E-state index is 11.9. The molecule has 1 aliphatic heterocycles. The van der Waals surface area contributed by atoms with Gasteiger partial charge in [0.05, 0.1) is 4.91 Å². The fraction of sp³-hybridized carbons (Fsp3) is 0.630. The van der Waals surface area contributed by atoms with Gasteiger partial charge >= 0.3 is 0 Å². The van der Waals surface area contributed by atoms with E-state index in [1.165, 1.54) is 24.7 Å². The molecule has 0 bridgehead atoms. The van der Waals surface area contributed by atoms with E-state index in [2.05, 4.69) is 59.1 Å². The lowest BCUT2D eigenvalue weighted by molar-refractivity contribution is -0.0992. The Labute approximate surface area is 204 Å². The summed E-state index contributed by atoms with van der Waals surface area (Å²) in [6.45, 7) is 1.79. The topological polar surface area (TPSA) is 64.1 Å². The van der Waals surface area contributed by atoms with Crippen molar-refractivity contribution in [1.29, 1.82) is 0 Å². The fourth-order valence-electron chi connectivity index (χ4n) is 6.52. The predicted octanol–water partition coefficient (Wildman–Crippen LogP) is 3.32. The van der Waals surface area contributed by atoms with Gasteiger partial charge in [0.25, 0.3) is 0 Å². The first-order valence-electron chi connectivity index (χ1n) is 12.7. The first-order valence-corrected chi connectivity index (χ1v) is 14.6. The van der Waals surface area contributed by atoms with E-state index in [0.29, 0.717) is 17.2 Å². The Morgan fingerprint density at radius 1 is 1.09 bits per heavy atom. The highest BCUT2D eigenvalue weighted by atomic mass is 32.2. The Morgan fingerprint density at radius 3 is 2.29 bits per heavy atom. The summed E-state index contributed by atoms with van der Waals surface area (Å²) < 4.78 is 23.9. The number of aliphatic hydroxyl groups is 1. The van der Waals surface area contributed by atoms with Gasteiger partial charge in [-0.1, -0.05) is 42.5 Å². The van der Waals surface area contributed by atoms with Crippen molar-refractivity contribution < 1.29 is 13.5 Å². The lowest BCUT2D eigenvalue weighted by atomic mass is 9.68. The number of nitrogens with zero attached hydrogens (tertiary/aromatic N) is 3. The van der Waals surface area contributed by atoms with Gasteiger partial charge in [0.15, 0.2) is 16.2 Å². The van der Waals surface area contributed by atoms with E-state index in [4.69, 9.17) is 0 Å². The van der Waals surface area contributed by atoms with Gasteiger partial charge in [-0.2, -0.15) is 0 Å². The molecule has 186 valence electrons. The molecule has 34 heavy (non-hydrogen) atoms. The minimum absolute atomic E-state index is 0.0218. The average molecular weight is 486 g/mol. The number of hydrogen-bond donors (Lipinski definition) is 1. The summed E-state index contributed by atoms with van der Waals surface area (Å²) in [6.07, 6.45) is 13.5. The van der Waals surface area contributed by atoms with Gasteiger partial charge < -0.3 is 5.11 Å². The molecule has 3 aliphatic carbocycles. The second kappa shape index (κ2) is 8.86. The summed E-state index contributed by atoms with van der Waals surface area (Å²) in [7, 11) is 1.19. The molecule has 0 amide bonds. The van der Waals surface area contributed by atoms with Crippen molar-refractivity contribution in [2.45, 2.75) is 68.4 Å². The first kappa shape index (κ1) is 24.2. The van der Waals surface area contributed by atoms with E-state index >= 15 is 0 Å². The normalized spacial score (nSPS) is 35.3. The van der Waals surface area contributed by atoms with Crippen molar-refractivity contribution in [1.82, 2.24) is 14.7 Å². The van der Waals surface area contributed by atoms with Crippen LogP contribution in [-0.2, 0) is 15.4 Å². The van der Waals surface area contributed by atoms with E-state index in [1.54, 1.807) is 6.08 Å². The fourth-order valence-corrected chi connectivity index (χ4v) is 7.24. The largest absolute Gasteiger partial charge is 0.365 e. The molecule has 6 nitrogen and oxygen atoms in total. The highest BCUT2D eigenvalue weighted by Crippen LogP contribution is 2.51. The van der Waals surface area contributed by atoms with Crippen molar-refractivity contribution >= 4 is 9.84 Å². The van der Waals surface area contributed by atoms with Crippen LogP contribution in [0.1, 0.15) is 50.5 Å². The van der Waals surface area contributed by atoms with Gasteiger partial charge in [0, 0.05) is 36.5 Å². The third kappa shape index (κ3) is 4.30. The lowest BCUT2D eigenvalue weighted by Crippen LogP contribution is -2.56. The van der Waals surface area contributed by atoms with Crippen molar-refractivity contribution in [3.8, 4) is 0 Å². The Kier molecular flexibility index (Phi) is 6.30. The van der Waals surface area contributed by atoms with Gasteiger partial charge in [-0.15, -0.1) is 0 Å². The molecule has 1 heterocycles. The minimum atomic E-state index is -3.20. The minimum Gasteiger partial charge on any atom is -0.365 e. The van der Waals surface area contributed by atoms with E-state index in [9.17, 15) is 13.5 Å². The van der Waals surface area contributed by atoms with Crippen LogP contribution < -0.4 is 0 Å². The Morgan fingerprint density at radius 2 is 1.76 bits per heavy atom. The van der Waals surface area contributed by atoms with Crippen molar-refractivity contribution in [3.63, 3.8) is 0 Å². The average Bonchev–Trinajstić information content (AvgIpc) is 3.61. The number of allylic oxidation sites excluding steroid dienone is 1. The second-order valence-electron chi connectivity index (χ2n) is 11.2. The molecule has 1 aromatic carbocycles. The number of benzene rings is 1. The smallest absolute Gasteiger partial charge is 0.175 e.